The Morgan fingerprint density at radius 3 is 2.59 bits per heavy atom. The van der Waals surface area contributed by atoms with E-state index >= 15 is 0 Å². The fourth-order valence-corrected chi connectivity index (χ4v) is 2.02. The molecule has 1 rings (SSSR count). The quantitative estimate of drug-likeness (QED) is 0.815. The third-order valence-corrected chi connectivity index (χ3v) is 3.07. The van der Waals surface area contributed by atoms with E-state index in [9.17, 15) is 0 Å². The lowest BCUT2D eigenvalue weighted by Gasteiger charge is -2.28. The van der Waals surface area contributed by atoms with Crippen molar-refractivity contribution in [1.29, 1.82) is 0 Å². The molecule has 0 spiro atoms. The fraction of sp³-hybridized carbons (Fsp3) is 0.769. The summed E-state index contributed by atoms with van der Waals surface area (Å²) in [6, 6.07) is 2.19. The van der Waals surface area contributed by atoms with Crippen LogP contribution in [0.5, 0.6) is 0 Å². The van der Waals surface area contributed by atoms with Gasteiger partial charge in [0.05, 0.1) is 11.4 Å². The molecule has 0 saturated carbocycles. The standard InChI is InChI=1S/C13H26N4/c1-6-11-7-12(17(5)15-11)8-16(4)10-13(2,3)9-14/h7H,6,8-10,14H2,1-5H3. The molecule has 0 radical (unpaired) electrons. The Labute approximate surface area is 105 Å². The molecule has 0 unspecified atom stereocenters. The number of aryl methyl sites for hydroxylation is 2. The smallest absolute Gasteiger partial charge is 0.0625 e. The number of hydrogen-bond acceptors (Lipinski definition) is 3. The number of nitrogens with two attached hydrogens (primary N) is 1. The first-order valence-corrected chi connectivity index (χ1v) is 6.28. The second kappa shape index (κ2) is 5.65. The highest BCUT2D eigenvalue weighted by Crippen LogP contribution is 2.15. The summed E-state index contributed by atoms with van der Waals surface area (Å²) in [6.45, 7) is 9.16. The van der Waals surface area contributed by atoms with Crippen LogP contribution in [-0.4, -0.2) is 34.8 Å². The molecule has 2 N–H and O–H groups in total. The summed E-state index contributed by atoms with van der Waals surface area (Å²) in [4.78, 5) is 2.31. The highest BCUT2D eigenvalue weighted by molar-refractivity contribution is 5.10. The van der Waals surface area contributed by atoms with Crippen molar-refractivity contribution in [2.24, 2.45) is 18.2 Å². The number of rotatable bonds is 6. The average molecular weight is 238 g/mol. The van der Waals surface area contributed by atoms with Crippen LogP contribution >= 0.6 is 0 Å². The maximum Gasteiger partial charge on any atom is 0.0625 e. The number of hydrogen-bond donors (Lipinski definition) is 1. The highest BCUT2D eigenvalue weighted by Gasteiger charge is 2.18. The van der Waals surface area contributed by atoms with Crippen LogP contribution in [0.4, 0.5) is 0 Å². The Balaban J connectivity index is 2.61. The lowest BCUT2D eigenvalue weighted by molar-refractivity contribution is 0.206. The zero-order valence-corrected chi connectivity index (χ0v) is 11.8. The number of nitrogens with zero attached hydrogens (tertiary/aromatic N) is 3. The largest absolute Gasteiger partial charge is 0.330 e. The molecule has 0 amide bonds. The van der Waals surface area contributed by atoms with Crippen LogP contribution in [0.2, 0.25) is 0 Å². The molecule has 17 heavy (non-hydrogen) atoms. The lowest BCUT2D eigenvalue weighted by Crippen LogP contribution is -2.36. The Kier molecular flexibility index (Phi) is 4.71. The van der Waals surface area contributed by atoms with Crippen molar-refractivity contribution < 1.29 is 0 Å². The monoisotopic (exact) mass is 238 g/mol. The summed E-state index contributed by atoms with van der Waals surface area (Å²) >= 11 is 0. The van der Waals surface area contributed by atoms with E-state index in [1.807, 2.05) is 11.7 Å². The average Bonchev–Trinajstić information content (AvgIpc) is 2.59. The minimum atomic E-state index is 0.168. The van der Waals surface area contributed by atoms with Crippen molar-refractivity contribution in [1.82, 2.24) is 14.7 Å². The van der Waals surface area contributed by atoms with Crippen LogP contribution < -0.4 is 5.73 Å². The molecular weight excluding hydrogens is 212 g/mol. The van der Waals surface area contributed by atoms with Gasteiger partial charge < -0.3 is 5.73 Å². The van der Waals surface area contributed by atoms with Crippen LogP contribution in [0, 0.1) is 5.41 Å². The minimum Gasteiger partial charge on any atom is -0.330 e. The molecule has 0 atom stereocenters. The third kappa shape index (κ3) is 4.13. The van der Waals surface area contributed by atoms with Gasteiger partial charge in [-0.05, 0) is 31.5 Å². The Morgan fingerprint density at radius 1 is 1.47 bits per heavy atom. The summed E-state index contributed by atoms with van der Waals surface area (Å²) in [5.41, 5.74) is 8.35. The zero-order valence-electron chi connectivity index (χ0n) is 11.8. The summed E-state index contributed by atoms with van der Waals surface area (Å²) in [6.07, 6.45) is 0.992. The van der Waals surface area contributed by atoms with Gasteiger partial charge in [0.15, 0.2) is 0 Å². The van der Waals surface area contributed by atoms with Gasteiger partial charge in [0.25, 0.3) is 0 Å². The molecule has 0 aliphatic carbocycles. The maximum absolute atomic E-state index is 5.76. The second-order valence-electron chi connectivity index (χ2n) is 5.64. The van der Waals surface area contributed by atoms with E-state index in [-0.39, 0.29) is 5.41 Å². The molecule has 1 heterocycles. The SMILES string of the molecule is CCc1cc(CN(C)CC(C)(C)CN)n(C)n1. The molecule has 0 bridgehead atoms. The van der Waals surface area contributed by atoms with Crippen molar-refractivity contribution in [2.75, 3.05) is 20.1 Å². The Bertz CT molecular complexity index is 354. The molecule has 0 aliphatic rings. The molecule has 1 aromatic rings. The van der Waals surface area contributed by atoms with E-state index in [1.54, 1.807) is 0 Å². The summed E-state index contributed by atoms with van der Waals surface area (Å²) < 4.78 is 1.98. The molecule has 0 aliphatic heterocycles. The van der Waals surface area contributed by atoms with Gasteiger partial charge in [-0.25, -0.2) is 0 Å². The Hall–Kier alpha value is -0.870. The van der Waals surface area contributed by atoms with Crippen LogP contribution in [0.1, 0.15) is 32.2 Å². The van der Waals surface area contributed by atoms with Gasteiger partial charge in [-0.1, -0.05) is 20.8 Å². The first kappa shape index (κ1) is 14.2. The van der Waals surface area contributed by atoms with Crippen LogP contribution in [0.25, 0.3) is 0 Å². The van der Waals surface area contributed by atoms with Gasteiger partial charge in [-0.15, -0.1) is 0 Å². The van der Waals surface area contributed by atoms with E-state index in [0.717, 1.165) is 25.2 Å². The highest BCUT2D eigenvalue weighted by atomic mass is 15.3. The fourth-order valence-electron chi connectivity index (χ4n) is 2.02. The van der Waals surface area contributed by atoms with Gasteiger partial charge >= 0.3 is 0 Å². The van der Waals surface area contributed by atoms with Crippen molar-refractivity contribution in [3.8, 4) is 0 Å². The van der Waals surface area contributed by atoms with E-state index in [2.05, 4.69) is 43.9 Å². The molecule has 4 nitrogen and oxygen atoms in total. The summed E-state index contributed by atoms with van der Waals surface area (Å²) in [5, 5.41) is 4.46. The van der Waals surface area contributed by atoms with Crippen molar-refractivity contribution in [3.05, 3.63) is 17.5 Å². The van der Waals surface area contributed by atoms with E-state index < -0.39 is 0 Å². The predicted octanol–water partition coefficient (Wildman–Crippen LogP) is 1.40. The van der Waals surface area contributed by atoms with Gasteiger partial charge in [-0.3, -0.25) is 9.58 Å². The Morgan fingerprint density at radius 2 is 2.12 bits per heavy atom. The van der Waals surface area contributed by atoms with E-state index in [1.165, 1.54) is 5.69 Å². The lowest BCUT2D eigenvalue weighted by atomic mass is 9.93. The molecule has 4 heteroatoms. The summed E-state index contributed by atoms with van der Waals surface area (Å²) in [7, 11) is 4.15. The van der Waals surface area contributed by atoms with Gasteiger partial charge in [0.2, 0.25) is 0 Å². The molecule has 0 fully saturated rings. The third-order valence-electron chi connectivity index (χ3n) is 3.07. The first-order chi connectivity index (χ1) is 7.88. The van der Waals surface area contributed by atoms with Crippen molar-refractivity contribution in [2.45, 2.75) is 33.7 Å². The topological polar surface area (TPSA) is 47.1 Å². The van der Waals surface area contributed by atoms with Crippen LogP contribution in [0.3, 0.4) is 0 Å². The van der Waals surface area contributed by atoms with Gasteiger partial charge in [0, 0.05) is 20.1 Å². The maximum atomic E-state index is 5.76. The predicted molar refractivity (Wildman–Crippen MR) is 71.8 cm³/mol. The van der Waals surface area contributed by atoms with Crippen molar-refractivity contribution in [3.63, 3.8) is 0 Å². The summed E-state index contributed by atoms with van der Waals surface area (Å²) in [5.74, 6) is 0. The molecule has 0 aromatic carbocycles. The molecule has 1 aromatic heterocycles. The zero-order chi connectivity index (χ0) is 13.1. The van der Waals surface area contributed by atoms with E-state index in [0.29, 0.717) is 6.54 Å². The normalized spacial score (nSPS) is 12.4. The van der Waals surface area contributed by atoms with Gasteiger partial charge in [-0.2, -0.15) is 5.10 Å². The van der Waals surface area contributed by atoms with Crippen LogP contribution in [0.15, 0.2) is 6.07 Å². The molecule has 98 valence electrons. The van der Waals surface area contributed by atoms with Crippen molar-refractivity contribution >= 4 is 0 Å². The molecular formula is C13H26N4. The first-order valence-electron chi connectivity index (χ1n) is 6.28. The second-order valence-corrected chi connectivity index (χ2v) is 5.64. The van der Waals surface area contributed by atoms with Gasteiger partial charge in [0.1, 0.15) is 0 Å². The number of aromatic nitrogens is 2. The molecule has 0 saturated heterocycles. The van der Waals surface area contributed by atoms with Crippen LogP contribution in [-0.2, 0) is 20.0 Å². The minimum absolute atomic E-state index is 0.168. The van der Waals surface area contributed by atoms with E-state index in [4.69, 9.17) is 5.73 Å².